The first-order valence-electron chi connectivity index (χ1n) is 11.7. The van der Waals surface area contributed by atoms with Gasteiger partial charge in [0.05, 0.1) is 12.2 Å². The number of unbranched alkanes of at least 4 members (excludes halogenated alkanes) is 5. The van der Waals surface area contributed by atoms with E-state index >= 15 is 0 Å². The summed E-state index contributed by atoms with van der Waals surface area (Å²) < 4.78 is 0. The number of carbonyl (C=O) groups is 1. The van der Waals surface area contributed by atoms with Gasteiger partial charge in [-0.25, -0.2) is 9.97 Å². The first-order valence-corrected chi connectivity index (χ1v) is 11.7. The van der Waals surface area contributed by atoms with Crippen LogP contribution in [0.5, 0.6) is 0 Å². The Balaban J connectivity index is 1.60. The molecule has 3 rings (SSSR count). The second-order valence-electron chi connectivity index (χ2n) is 8.52. The highest BCUT2D eigenvalue weighted by Gasteiger charge is 2.28. The summed E-state index contributed by atoms with van der Waals surface area (Å²) in [7, 11) is 0. The van der Waals surface area contributed by atoms with E-state index in [0.29, 0.717) is 18.9 Å². The van der Waals surface area contributed by atoms with Crippen LogP contribution in [0.15, 0.2) is 0 Å². The number of piperazine rings is 1. The van der Waals surface area contributed by atoms with Crippen LogP contribution in [0.4, 0.5) is 5.82 Å². The maximum absolute atomic E-state index is 12.8. The van der Waals surface area contributed by atoms with Crippen LogP contribution in [-0.2, 0) is 17.8 Å². The number of amides is 1. The minimum Gasteiger partial charge on any atom is -0.354 e. The van der Waals surface area contributed by atoms with E-state index < -0.39 is 0 Å². The fraction of sp³-hybridized carbons (Fsp3) is 0.783. The topological polar surface area (TPSA) is 52.6 Å². The van der Waals surface area contributed by atoms with Crippen molar-refractivity contribution >= 4 is 11.7 Å². The summed E-state index contributed by atoms with van der Waals surface area (Å²) in [5.41, 5.74) is 2.33. The molecule has 2 aliphatic rings. The van der Waals surface area contributed by atoms with E-state index in [2.05, 4.69) is 23.6 Å². The molecule has 1 aromatic rings. The first kappa shape index (κ1) is 22.0. The number of carbonyl (C=O) groups excluding carboxylic acids is 1. The van der Waals surface area contributed by atoms with E-state index in [4.69, 9.17) is 9.97 Å². The van der Waals surface area contributed by atoms with Gasteiger partial charge in [0.2, 0.25) is 5.91 Å². The molecule has 1 aromatic heterocycles. The molecule has 6 heteroatoms. The van der Waals surface area contributed by atoms with E-state index in [-0.39, 0.29) is 0 Å². The molecule has 0 N–H and O–H groups in total. The molecule has 0 atom stereocenters. The zero-order valence-corrected chi connectivity index (χ0v) is 18.8. The largest absolute Gasteiger partial charge is 0.354 e. The van der Waals surface area contributed by atoms with Crippen molar-refractivity contribution in [2.75, 3.05) is 44.2 Å². The summed E-state index contributed by atoms with van der Waals surface area (Å²) in [4.78, 5) is 29.3. The lowest BCUT2D eigenvalue weighted by Gasteiger charge is -2.37. The molecule has 162 valence electrons. The van der Waals surface area contributed by atoms with Crippen LogP contribution in [0.2, 0.25) is 0 Å². The highest BCUT2D eigenvalue weighted by Crippen LogP contribution is 2.28. The van der Waals surface area contributed by atoms with Crippen LogP contribution in [0.1, 0.15) is 75.9 Å². The SMILES string of the molecule is CCCCCCCCC(=O)N1CCc2nc(C)nc(N3CCN(CC)CC3)c2C1. The van der Waals surface area contributed by atoms with Crippen LogP contribution in [0.25, 0.3) is 0 Å². The molecular weight excluding hydrogens is 362 g/mol. The fourth-order valence-electron chi connectivity index (χ4n) is 4.48. The Hall–Kier alpha value is -1.69. The molecule has 0 aliphatic carbocycles. The van der Waals surface area contributed by atoms with E-state index in [1.807, 2.05) is 11.8 Å². The Morgan fingerprint density at radius 1 is 0.931 bits per heavy atom. The molecule has 6 nitrogen and oxygen atoms in total. The highest BCUT2D eigenvalue weighted by molar-refractivity contribution is 5.76. The molecule has 0 spiro atoms. The maximum Gasteiger partial charge on any atom is 0.222 e. The number of aromatic nitrogens is 2. The summed E-state index contributed by atoms with van der Waals surface area (Å²) in [6.45, 7) is 13.2. The molecule has 0 bridgehead atoms. The summed E-state index contributed by atoms with van der Waals surface area (Å²) in [6, 6.07) is 0. The summed E-state index contributed by atoms with van der Waals surface area (Å²) in [6.07, 6.45) is 8.85. The van der Waals surface area contributed by atoms with Gasteiger partial charge in [0, 0.05) is 51.1 Å². The summed E-state index contributed by atoms with van der Waals surface area (Å²) >= 11 is 0. The van der Waals surface area contributed by atoms with E-state index in [1.54, 1.807) is 0 Å². The molecular formula is C23H39N5O. The molecule has 1 fully saturated rings. The number of anilines is 1. The fourth-order valence-corrected chi connectivity index (χ4v) is 4.48. The van der Waals surface area contributed by atoms with Crippen molar-refractivity contribution < 1.29 is 4.79 Å². The third-order valence-electron chi connectivity index (χ3n) is 6.37. The monoisotopic (exact) mass is 401 g/mol. The smallest absolute Gasteiger partial charge is 0.222 e. The van der Waals surface area contributed by atoms with Gasteiger partial charge in [-0.1, -0.05) is 46.0 Å². The number of fused-ring (bicyclic) bond motifs is 1. The van der Waals surface area contributed by atoms with E-state index in [1.165, 1.54) is 37.7 Å². The lowest BCUT2D eigenvalue weighted by molar-refractivity contribution is -0.132. The zero-order chi connectivity index (χ0) is 20.6. The van der Waals surface area contributed by atoms with Crippen molar-refractivity contribution in [2.45, 2.75) is 78.7 Å². The van der Waals surface area contributed by atoms with Crippen LogP contribution >= 0.6 is 0 Å². The van der Waals surface area contributed by atoms with E-state index in [9.17, 15) is 4.79 Å². The average molecular weight is 402 g/mol. The molecule has 1 amide bonds. The Labute approximate surface area is 176 Å². The number of nitrogens with zero attached hydrogens (tertiary/aromatic N) is 5. The molecule has 2 aliphatic heterocycles. The third kappa shape index (κ3) is 5.91. The van der Waals surface area contributed by atoms with Crippen molar-refractivity contribution in [3.63, 3.8) is 0 Å². The van der Waals surface area contributed by atoms with Gasteiger partial charge in [-0.05, 0) is 19.9 Å². The average Bonchev–Trinajstić information content (AvgIpc) is 2.75. The minimum atomic E-state index is 0.300. The summed E-state index contributed by atoms with van der Waals surface area (Å²) in [5, 5.41) is 0. The molecule has 0 saturated carbocycles. The van der Waals surface area contributed by atoms with Gasteiger partial charge in [0.25, 0.3) is 0 Å². The summed E-state index contributed by atoms with van der Waals surface area (Å²) in [5.74, 6) is 2.22. The van der Waals surface area contributed by atoms with Crippen LogP contribution in [0, 0.1) is 6.92 Å². The van der Waals surface area contributed by atoms with Gasteiger partial charge < -0.3 is 14.7 Å². The molecule has 0 unspecified atom stereocenters. The van der Waals surface area contributed by atoms with Crippen LogP contribution in [-0.4, -0.2) is 64.9 Å². The maximum atomic E-state index is 12.8. The van der Waals surface area contributed by atoms with Gasteiger partial charge in [-0.2, -0.15) is 0 Å². The second-order valence-corrected chi connectivity index (χ2v) is 8.52. The lowest BCUT2D eigenvalue weighted by Crippen LogP contribution is -2.47. The van der Waals surface area contributed by atoms with Crippen LogP contribution in [0.3, 0.4) is 0 Å². The molecule has 1 saturated heterocycles. The van der Waals surface area contributed by atoms with Gasteiger partial charge in [-0.3, -0.25) is 4.79 Å². The van der Waals surface area contributed by atoms with Crippen LogP contribution < -0.4 is 4.90 Å². The van der Waals surface area contributed by atoms with Crippen molar-refractivity contribution in [1.29, 1.82) is 0 Å². The number of hydrogen-bond donors (Lipinski definition) is 0. The molecule has 0 radical (unpaired) electrons. The standard InChI is InChI=1S/C23H39N5O/c1-4-6-7-8-9-10-11-22(29)28-13-12-21-20(18-28)23(25-19(3)24-21)27-16-14-26(5-2)15-17-27/h4-18H2,1-3H3. The number of hydrogen-bond acceptors (Lipinski definition) is 5. The third-order valence-corrected chi connectivity index (χ3v) is 6.37. The Bertz CT molecular complexity index is 669. The van der Waals surface area contributed by atoms with Gasteiger partial charge in [-0.15, -0.1) is 0 Å². The predicted molar refractivity (Wildman–Crippen MR) is 118 cm³/mol. The quantitative estimate of drug-likeness (QED) is 0.592. The van der Waals surface area contributed by atoms with Gasteiger partial charge >= 0.3 is 0 Å². The highest BCUT2D eigenvalue weighted by atomic mass is 16.2. The van der Waals surface area contributed by atoms with Gasteiger partial charge in [0.15, 0.2) is 0 Å². The normalized spacial score (nSPS) is 17.5. The first-order chi connectivity index (χ1) is 14.1. The van der Waals surface area contributed by atoms with Crippen molar-refractivity contribution in [3.05, 3.63) is 17.1 Å². The van der Waals surface area contributed by atoms with E-state index in [0.717, 1.165) is 69.4 Å². The number of aryl methyl sites for hydroxylation is 1. The molecule has 3 heterocycles. The number of rotatable bonds is 9. The van der Waals surface area contributed by atoms with Crippen molar-refractivity contribution in [1.82, 2.24) is 19.8 Å². The van der Waals surface area contributed by atoms with Gasteiger partial charge in [0.1, 0.15) is 11.6 Å². The molecule has 0 aromatic carbocycles. The predicted octanol–water partition coefficient (Wildman–Crippen LogP) is 3.56. The number of likely N-dealkylation sites (N-methyl/N-ethyl adjacent to an activating group) is 1. The van der Waals surface area contributed by atoms with Crippen molar-refractivity contribution in [2.24, 2.45) is 0 Å². The Morgan fingerprint density at radius 2 is 1.66 bits per heavy atom. The lowest BCUT2D eigenvalue weighted by atomic mass is 10.0. The zero-order valence-electron chi connectivity index (χ0n) is 18.8. The minimum absolute atomic E-state index is 0.300. The van der Waals surface area contributed by atoms with Crippen molar-refractivity contribution in [3.8, 4) is 0 Å². The Kier molecular flexibility index (Phi) is 8.28. The molecule has 29 heavy (non-hydrogen) atoms. The Morgan fingerprint density at radius 3 is 2.38 bits per heavy atom. The second kappa shape index (κ2) is 10.9.